The number of piperidine rings is 1. The van der Waals surface area contributed by atoms with Crippen LogP contribution in [0.2, 0.25) is 0 Å². The Kier molecular flexibility index (Phi) is 5.53. The second-order valence-corrected chi connectivity index (χ2v) is 7.25. The summed E-state index contributed by atoms with van der Waals surface area (Å²) in [5, 5.41) is 7.07. The van der Waals surface area contributed by atoms with Gasteiger partial charge in [-0.15, -0.1) is 0 Å². The summed E-state index contributed by atoms with van der Waals surface area (Å²) in [5.41, 5.74) is 2.10. The molecule has 0 unspecified atom stereocenters. The first-order valence-electron chi connectivity index (χ1n) is 9.59. The van der Waals surface area contributed by atoms with E-state index in [-0.39, 0.29) is 11.8 Å². The quantitative estimate of drug-likeness (QED) is 0.707. The highest BCUT2D eigenvalue weighted by molar-refractivity contribution is 5.78. The van der Waals surface area contributed by atoms with Crippen molar-refractivity contribution in [3.8, 4) is 11.5 Å². The lowest BCUT2D eigenvalue weighted by molar-refractivity contribution is -0.127. The highest BCUT2D eigenvalue weighted by Gasteiger charge is 2.26. The number of nitrogens with zero attached hydrogens (tertiary/aromatic N) is 3. The molecule has 4 rings (SSSR count). The average molecular weight is 380 g/mol. The first kappa shape index (κ1) is 18.4. The van der Waals surface area contributed by atoms with Crippen molar-refractivity contribution in [2.75, 3.05) is 13.1 Å². The predicted molar refractivity (Wildman–Crippen MR) is 103 cm³/mol. The number of hydrogen-bond acceptors (Lipinski definition) is 6. The summed E-state index contributed by atoms with van der Waals surface area (Å²) in [7, 11) is 0. The van der Waals surface area contributed by atoms with Gasteiger partial charge in [-0.25, -0.2) is 0 Å². The Morgan fingerprint density at radius 1 is 1.29 bits per heavy atom. The summed E-state index contributed by atoms with van der Waals surface area (Å²) in [6.45, 7) is 4.67. The average Bonchev–Trinajstić information content (AvgIpc) is 3.39. The molecule has 1 amide bonds. The van der Waals surface area contributed by atoms with E-state index in [0.29, 0.717) is 31.3 Å². The van der Waals surface area contributed by atoms with E-state index >= 15 is 0 Å². The minimum atomic E-state index is -0.0350. The number of aryl methyl sites for hydroxylation is 1. The van der Waals surface area contributed by atoms with Crippen LogP contribution in [0.5, 0.6) is 0 Å². The molecule has 3 aromatic rings. The van der Waals surface area contributed by atoms with Gasteiger partial charge < -0.3 is 14.3 Å². The number of carbonyl (C=O) groups excluding carboxylic acids is 1. The maximum atomic E-state index is 12.5. The minimum absolute atomic E-state index is 0.0350. The largest absolute Gasteiger partial charge is 0.467 e. The Labute approximate surface area is 163 Å². The third-order valence-electron chi connectivity index (χ3n) is 5.02. The van der Waals surface area contributed by atoms with Gasteiger partial charge in [0, 0.05) is 12.1 Å². The Balaban J connectivity index is 1.32. The van der Waals surface area contributed by atoms with E-state index < -0.39 is 0 Å². The zero-order valence-electron chi connectivity index (χ0n) is 15.9. The zero-order valence-corrected chi connectivity index (χ0v) is 15.9. The van der Waals surface area contributed by atoms with Gasteiger partial charge in [-0.05, 0) is 50.6 Å². The molecule has 1 aromatic carbocycles. The second-order valence-electron chi connectivity index (χ2n) is 7.25. The highest BCUT2D eigenvalue weighted by atomic mass is 16.5. The first-order valence-corrected chi connectivity index (χ1v) is 9.59. The molecule has 1 atom stereocenters. The third-order valence-corrected chi connectivity index (χ3v) is 5.02. The SMILES string of the molecule is Cc1ccc(-c2nc(CN3CCC[C@H](C(=O)NCc4ccco4)C3)no2)cc1. The molecule has 146 valence electrons. The van der Waals surface area contributed by atoms with E-state index in [1.54, 1.807) is 6.26 Å². The van der Waals surface area contributed by atoms with E-state index in [9.17, 15) is 4.79 Å². The summed E-state index contributed by atoms with van der Waals surface area (Å²) in [4.78, 5) is 19.2. The highest BCUT2D eigenvalue weighted by Crippen LogP contribution is 2.21. The van der Waals surface area contributed by atoms with Crippen LogP contribution in [-0.4, -0.2) is 34.0 Å². The molecule has 0 bridgehead atoms. The van der Waals surface area contributed by atoms with Gasteiger partial charge in [0.05, 0.1) is 25.3 Å². The van der Waals surface area contributed by atoms with Crippen molar-refractivity contribution in [1.29, 1.82) is 0 Å². The smallest absolute Gasteiger partial charge is 0.257 e. The molecular weight excluding hydrogens is 356 g/mol. The molecule has 3 heterocycles. The molecular formula is C21H24N4O3. The van der Waals surface area contributed by atoms with Crippen LogP contribution in [-0.2, 0) is 17.9 Å². The molecule has 0 saturated carbocycles. The van der Waals surface area contributed by atoms with Gasteiger partial charge in [-0.3, -0.25) is 9.69 Å². The van der Waals surface area contributed by atoms with Crippen molar-refractivity contribution in [3.63, 3.8) is 0 Å². The molecule has 0 spiro atoms. The fourth-order valence-electron chi connectivity index (χ4n) is 3.48. The molecule has 1 aliphatic rings. The van der Waals surface area contributed by atoms with Gasteiger partial charge in [-0.2, -0.15) is 4.98 Å². The van der Waals surface area contributed by atoms with Gasteiger partial charge in [-0.1, -0.05) is 22.9 Å². The summed E-state index contributed by atoms with van der Waals surface area (Å²) in [5.74, 6) is 1.96. The van der Waals surface area contributed by atoms with Gasteiger partial charge in [0.15, 0.2) is 5.82 Å². The molecule has 2 aromatic heterocycles. The number of likely N-dealkylation sites (tertiary alicyclic amines) is 1. The fourth-order valence-corrected chi connectivity index (χ4v) is 3.48. The number of furan rings is 1. The predicted octanol–water partition coefficient (Wildman–Crippen LogP) is 3.17. The van der Waals surface area contributed by atoms with E-state index in [4.69, 9.17) is 8.94 Å². The van der Waals surface area contributed by atoms with Crippen LogP contribution in [0.4, 0.5) is 0 Å². The molecule has 0 radical (unpaired) electrons. The summed E-state index contributed by atoms with van der Waals surface area (Å²) in [6.07, 6.45) is 3.47. The van der Waals surface area contributed by atoms with Crippen molar-refractivity contribution >= 4 is 5.91 Å². The van der Waals surface area contributed by atoms with Crippen LogP contribution in [0, 0.1) is 12.8 Å². The number of carbonyl (C=O) groups is 1. The number of benzene rings is 1. The lowest BCUT2D eigenvalue weighted by Crippen LogP contribution is -2.42. The second kappa shape index (κ2) is 8.39. The molecule has 28 heavy (non-hydrogen) atoms. The van der Waals surface area contributed by atoms with Crippen LogP contribution < -0.4 is 5.32 Å². The van der Waals surface area contributed by atoms with E-state index in [1.807, 2.05) is 43.3 Å². The van der Waals surface area contributed by atoms with Crippen LogP contribution in [0.3, 0.4) is 0 Å². The van der Waals surface area contributed by atoms with Crippen molar-refractivity contribution in [1.82, 2.24) is 20.4 Å². The first-order chi connectivity index (χ1) is 13.7. The molecule has 7 nitrogen and oxygen atoms in total. The van der Waals surface area contributed by atoms with Crippen LogP contribution in [0.25, 0.3) is 11.5 Å². The van der Waals surface area contributed by atoms with Crippen LogP contribution >= 0.6 is 0 Å². The number of aromatic nitrogens is 2. The fraction of sp³-hybridized carbons (Fsp3) is 0.381. The summed E-state index contributed by atoms with van der Waals surface area (Å²) < 4.78 is 10.7. The monoisotopic (exact) mass is 380 g/mol. The number of hydrogen-bond donors (Lipinski definition) is 1. The van der Waals surface area contributed by atoms with Crippen LogP contribution in [0.15, 0.2) is 51.6 Å². The number of nitrogens with one attached hydrogen (secondary N) is 1. The normalized spacial score (nSPS) is 17.5. The molecule has 1 aliphatic heterocycles. The van der Waals surface area contributed by atoms with Crippen LogP contribution in [0.1, 0.15) is 30.0 Å². The van der Waals surface area contributed by atoms with Crippen molar-refractivity contribution in [3.05, 3.63) is 59.8 Å². The van der Waals surface area contributed by atoms with Crippen molar-refractivity contribution < 1.29 is 13.7 Å². The standard InChI is InChI=1S/C21H24N4O3/c1-15-6-8-16(9-7-15)21-23-19(24-28-21)14-25-10-2-4-17(13-25)20(26)22-12-18-5-3-11-27-18/h3,5-9,11,17H,2,4,10,12-14H2,1H3,(H,22,26)/t17-/m0/s1. The van der Waals surface area contributed by atoms with Gasteiger partial charge in [0.2, 0.25) is 5.91 Å². The molecule has 7 heteroatoms. The Bertz CT molecular complexity index is 902. The maximum Gasteiger partial charge on any atom is 0.257 e. The number of amides is 1. The van der Waals surface area contributed by atoms with E-state index in [1.165, 1.54) is 5.56 Å². The molecule has 1 fully saturated rings. The van der Waals surface area contributed by atoms with E-state index in [0.717, 1.165) is 30.7 Å². The van der Waals surface area contributed by atoms with E-state index in [2.05, 4.69) is 20.4 Å². The Morgan fingerprint density at radius 2 is 2.14 bits per heavy atom. The molecule has 1 N–H and O–H groups in total. The van der Waals surface area contributed by atoms with Gasteiger partial charge >= 0.3 is 0 Å². The molecule has 0 aliphatic carbocycles. The van der Waals surface area contributed by atoms with Gasteiger partial charge in [0.1, 0.15) is 5.76 Å². The number of rotatable bonds is 6. The van der Waals surface area contributed by atoms with Crippen molar-refractivity contribution in [2.24, 2.45) is 5.92 Å². The molecule has 1 saturated heterocycles. The maximum absolute atomic E-state index is 12.5. The zero-order chi connectivity index (χ0) is 19.3. The topological polar surface area (TPSA) is 84.4 Å². The third kappa shape index (κ3) is 4.48. The minimum Gasteiger partial charge on any atom is -0.467 e. The Hall–Kier alpha value is -2.93. The summed E-state index contributed by atoms with van der Waals surface area (Å²) >= 11 is 0. The van der Waals surface area contributed by atoms with Gasteiger partial charge in [0.25, 0.3) is 5.89 Å². The van der Waals surface area contributed by atoms with Crippen molar-refractivity contribution in [2.45, 2.75) is 32.9 Å². The Morgan fingerprint density at radius 3 is 2.93 bits per heavy atom. The lowest BCUT2D eigenvalue weighted by atomic mass is 9.97. The summed E-state index contributed by atoms with van der Waals surface area (Å²) in [6, 6.07) is 11.7. The lowest BCUT2D eigenvalue weighted by Gasteiger charge is -2.30.